The van der Waals surface area contributed by atoms with Gasteiger partial charge in [-0.3, -0.25) is 4.79 Å². The Balaban J connectivity index is 1.70. The smallest absolute Gasteiger partial charge is 0.226 e. The second kappa shape index (κ2) is 9.27. The summed E-state index contributed by atoms with van der Waals surface area (Å²) < 4.78 is 11.0. The maximum atomic E-state index is 11.8. The highest BCUT2D eigenvalue weighted by molar-refractivity contribution is 7.09. The Bertz CT molecular complexity index is 599. The number of hydrogen-bond donors (Lipinski definition) is 1. The van der Waals surface area contributed by atoms with Gasteiger partial charge in [0.1, 0.15) is 17.4 Å². The molecule has 2 rings (SSSR count). The monoisotopic (exact) mass is 334 g/mol. The van der Waals surface area contributed by atoms with Crippen LogP contribution < -0.4 is 10.1 Å². The Hall–Kier alpha value is -1.92. The Morgan fingerprint density at radius 1 is 1.30 bits per heavy atom. The van der Waals surface area contributed by atoms with Gasteiger partial charge in [0.05, 0.1) is 24.8 Å². The lowest BCUT2D eigenvalue weighted by Crippen LogP contribution is -2.29. The molecule has 0 bridgehead atoms. The molecule has 6 heteroatoms. The van der Waals surface area contributed by atoms with Gasteiger partial charge in [0.25, 0.3) is 0 Å². The van der Waals surface area contributed by atoms with Crippen molar-refractivity contribution >= 4 is 17.2 Å². The number of carbonyl (C=O) groups excluding carboxylic acids is 1. The predicted octanol–water partition coefficient (Wildman–Crippen LogP) is 2.81. The zero-order valence-corrected chi connectivity index (χ0v) is 14.3. The molecule has 0 aliphatic heterocycles. The van der Waals surface area contributed by atoms with E-state index in [4.69, 9.17) is 9.47 Å². The summed E-state index contributed by atoms with van der Waals surface area (Å²) in [7, 11) is 0. The Morgan fingerprint density at radius 3 is 2.83 bits per heavy atom. The second-order valence-electron chi connectivity index (χ2n) is 5.28. The normalized spacial score (nSPS) is 10.7. The van der Waals surface area contributed by atoms with Crippen LogP contribution in [0.25, 0.3) is 0 Å². The topological polar surface area (TPSA) is 60.5 Å². The summed E-state index contributed by atoms with van der Waals surface area (Å²) >= 11 is 1.50. The fourth-order valence-electron chi connectivity index (χ4n) is 1.87. The van der Waals surface area contributed by atoms with Crippen molar-refractivity contribution < 1.29 is 14.3 Å². The van der Waals surface area contributed by atoms with Gasteiger partial charge >= 0.3 is 0 Å². The summed E-state index contributed by atoms with van der Waals surface area (Å²) in [4.78, 5) is 16.2. The third-order valence-corrected chi connectivity index (χ3v) is 3.79. The molecule has 0 radical (unpaired) electrons. The molecule has 0 atom stereocenters. The molecule has 1 aromatic carbocycles. The molecule has 1 heterocycles. The summed E-state index contributed by atoms with van der Waals surface area (Å²) in [5.41, 5.74) is 0.768. The van der Waals surface area contributed by atoms with Crippen LogP contribution in [0.1, 0.15) is 24.5 Å². The van der Waals surface area contributed by atoms with E-state index in [0.29, 0.717) is 19.8 Å². The fourth-order valence-corrected chi connectivity index (χ4v) is 2.58. The van der Waals surface area contributed by atoms with Gasteiger partial charge in [0, 0.05) is 11.9 Å². The Labute approximate surface area is 140 Å². The summed E-state index contributed by atoms with van der Waals surface area (Å²) in [6.07, 6.45) is 0.460. The molecule has 0 aliphatic rings. The number of carbonyl (C=O) groups is 1. The van der Waals surface area contributed by atoms with Crippen molar-refractivity contribution in [1.82, 2.24) is 10.3 Å². The Morgan fingerprint density at radius 2 is 2.09 bits per heavy atom. The van der Waals surface area contributed by atoms with Crippen LogP contribution in [0.3, 0.4) is 0 Å². The van der Waals surface area contributed by atoms with E-state index in [1.165, 1.54) is 11.3 Å². The highest BCUT2D eigenvalue weighted by atomic mass is 32.1. The number of ether oxygens (including phenoxy) is 2. The van der Waals surface area contributed by atoms with Crippen LogP contribution in [0.15, 0.2) is 35.7 Å². The molecule has 124 valence electrons. The van der Waals surface area contributed by atoms with Crippen molar-refractivity contribution in [2.45, 2.75) is 33.0 Å². The lowest BCUT2D eigenvalue weighted by atomic mass is 10.3. The summed E-state index contributed by atoms with van der Waals surface area (Å²) in [5.74, 6) is 0.769. The molecule has 0 spiro atoms. The molecule has 1 aromatic heterocycles. The molecular weight excluding hydrogens is 312 g/mol. The molecule has 1 amide bonds. The molecule has 0 unspecified atom stereocenters. The average Bonchev–Trinajstić information content (AvgIpc) is 2.98. The van der Waals surface area contributed by atoms with E-state index < -0.39 is 0 Å². The first-order valence-electron chi connectivity index (χ1n) is 7.63. The minimum absolute atomic E-state index is 0.0433. The minimum Gasteiger partial charge on any atom is -0.486 e. The number of benzene rings is 1. The van der Waals surface area contributed by atoms with E-state index in [1.807, 2.05) is 49.6 Å². The molecule has 0 fully saturated rings. The number of thiazole rings is 1. The highest BCUT2D eigenvalue weighted by Gasteiger charge is 2.08. The van der Waals surface area contributed by atoms with Crippen molar-refractivity contribution in [3.8, 4) is 5.75 Å². The van der Waals surface area contributed by atoms with Crippen molar-refractivity contribution in [2.75, 3.05) is 13.2 Å². The van der Waals surface area contributed by atoms with Gasteiger partial charge in [-0.15, -0.1) is 11.3 Å². The van der Waals surface area contributed by atoms with Crippen LogP contribution in [-0.2, 0) is 22.6 Å². The third-order valence-electron chi connectivity index (χ3n) is 2.92. The van der Waals surface area contributed by atoms with Crippen LogP contribution in [0.2, 0.25) is 0 Å². The van der Waals surface area contributed by atoms with Gasteiger partial charge in [0.2, 0.25) is 5.91 Å². The fraction of sp³-hybridized carbons (Fsp3) is 0.412. The van der Waals surface area contributed by atoms with Crippen molar-refractivity contribution in [3.63, 3.8) is 0 Å². The number of amides is 1. The molecule has 0 saturated heterocycles. The van der Waals surface area contributed by atoms with E-state index >= 15 is 0 Å². The van der Waals surface area contributed by atoms with Crippen LogP contribution >= 0.6 is 11.3 Å². The molecule has 0 aliphatic carbocycles. The average molecular weight is 334 g/mol. The highest BCUT2D eigenvalue weighted by Crippen LogP contribution is 2.15. The van der Waals surface area contributed by atoms with Crippen LogP contribution in [0, 0.1) is 0 Å². The van der Waals surface area contributed by atoms with E-state index in [2.05, 4.69) is 10.3 Å². The third kappa shape index (κ3) is 6.80. The maximum Gasteiger partial charge on any atom is 0.226 e. The summed E-state index contributed by atoms with van der Waals surface area (Å²) in [6.45, 7) is 5.40. The lowest BCUT2D eigenvalue weighted by molar-refractivity contribution is -0.120. The van der Waals surface area contributed by atoms with Crippen molar-refractivity contribution in [3.05, 3.63) is 46.4 Å². The number of para-hydroxylation sites is 1. The molecule has 0 saturated carbocycles. The lowest BCUT2D eigenvalue weighted by Gasteiger charge is -2.08. The first-order chi connectivity index (χ1) is 11.1. The maximum absolute atomic E-state index is 11.8. The van der Waals surface area contributed by atoms with Gasteiger partial charge < -0.3 is 14.8 Å². The quantitative estimate of drug-likeness (QED) is 0.716. The number of aromatic nitrogens is 1. The number of nitrogens with zero attached hydrogens (tertiary/aromatic N) is 1. The SMILES string of the molecule is CC(C)OCCNC(=O)Cc1csc(COc2ccccc2)n1. The number of hydrogen-bond acceptors (Lipinski definition) is 5. The molecule has 5 nitrogen and oxygen atoms in total. The zero-order valence-electron chi connectivity index (χ0n) is 13.5. The van der Waals surface area contributed by atoms with Gasteiger partial charge in [-0.2, -0.15) is 0 Å². The predicted molar refractivity (Wildman–Crippen MR) is 90.7 cm³/mol. The molecule has 23 heavy (non-hydrogen) atoms. The number of nitrogens with one attached hydrogen (secondary N) is 1. The van der Waals surface area contributed by atoms with E-state index in [9.17, 15) is 4.79 Å². The number of rotatable bonds is 9. The van der Waals surface area contributed by atoms with Crippen molar-refractivity contribution in [2.24, 2.45) is 0 Å². The summed E-state index contributed by atoms with van der Waals surface area (Å²) in [5, 5.41) is 5.58. The minimum atomic E-state index is -0.0433. The first-order valence-corrected chi connectivity index (χ1v) is 8.51. The van der Waals surface area contributed by atoms with Gasteiger partial charge in [-0.25, -0.2) is 4.98 Å². The zero-order chi connectivity index (χ0) is 16.5. The van der Waals surface area contributed by atoms with E-state index in [-0.39, 0.29) is 18.4 Å². The molecule has 2 aromatic rings. The van der Waals surface area contributed by atoms with Crippen LogP contribution in [0.4, 0.5) is 0 Å². The molecular formula is C17H22N2O3S. The Kier molecular flexibility index (Phi) is 7.03. The first kappa shape index (κ1) is 17.4. The largest absolute Gasteiger partial charge is 0.486 e. The van der Waals surface area contributed by atoms with E-state index in [1.54, 1.807) is 0 Å². The van der Waals surface area contributed by atoms with Crippen LogP contribution in [-0.4, -0.2) is 30.1 Å². The second-order valence-corrected chi connectivity index (χ2v) is 6.22. The van der Waals surface area contributed by atoms with Gasteiger partial charge in [0.15, 0.2) is 0 Å². The van der Waals surface area contributed by atoms with Gasteiger partial charge in [-0.05, 0) is 26.0 Å². The van der Waals surface area contributed by atoms with Crippen LogP contribution in [0.5, 0.6) is 5.75 Å². The van der Waals surface area contributed by atoms with E-state index in [0.717, 1.165) is 16.5 Å². The molecule has 1 N–H and O–H groups in total. The van der Waals surface area contributed by atoms with Gasteiger partial charge in [-0.1, -0.05) is 18.2 Å². The standard InChI is InChI=1S/C17H22N2O3S/c1-13(2)21-9-8-18-16(20)10-14-12-23-17(19-14)11-22-15-6-4-3-5-7-15/h3-7,12-13H,8-11H2,1-2H3,(H,18,20). The summed E-state index contributed by atoms with van der Waals surface area (Å²) in [6, 6.07) is 9.60. The van der Waals surface area contributed by atoms with Crippen molar-refractivity contribution in [1.29, 1.82) is 0 Å².